The Labute approximate surface area is 198 Å². The quantitative estimate of drug-likeness (QED) is 0.627. The van der Waals surface area contributed by atoms with Gasteiger partial charge in [0.15, 0.2) is 5.60 Å². The van der Waals surface area contributed by atoms with Gasteiger partial charge < -0.3 is 25.2 Å². The summed E-state index contributed by atoms with van der Waals surface area (Å²) in [5.74, 6) is -1.28. The van der Waals surface area contributed by atoms with Crippen LogP contribution in [0.15, 0.2) is 12.1 Å². The lowest BCUT2D eigenvalue weighted by Crippen LogP contribution is -2.52. The Hall–Kier alpha value is -2.75. The number of carbonyl (C=O) groups is 3. The van der Waals surface area contributed by atoms with E-state index < -0.39 is 17.9 Å². The molecule has 0 radical (unpaired) electrons. The summed E-state index contributed by atoms with van der Waals surface area (Å²) < 4.78 is 31.2. The molecule has 3 amide bonds. The van der Waals surface area contributed by atoms with Crippen molar-refractivity contribution in [2.75, 3.05) is 31.1 Å². The number of rotatable bonds is 7. The van der Waals surface area contributed by atoms with Gasteiger partial charge in [0.2, 0.25) is 0 Å². The molecular formula is C24H32F2N4O4. The van der Waals surface area contributed by atoms with Crippen LogP contribution in [0.3, 0.4) is 0 Å². The van der Waals surface area contributed by atoms with Gasteiger partial charge in [-0.05, 0) is 57.9 Å². The fourth-order valence-electron chi connectivity index (χ4n) is 4.85. The van der Waals surface area contributed by atoms with Crippen molar-refractivity contribution in [3.05, 3.63) is 23.3 Å². The molecule has 0 bridgehead atoms. The number of aryl methyl sites for hydroxylation is 1. The van der Waals surface area contributed by atoms with Crippen LogP contribution in [-0.4, -0.2) is 72.9 Å². The summed E-state index contributed by atoms with van der Waals surface area (Å²) in [5, 5.41) is 5.50. The number of halogens is 2. The molecule has 1 spiro atoms. The Morgan fingerprint density at radius 3 is 2.65 bits per heavy atom. The molecule has 1 aromatic carbocycles. The highest BCUT2D eigenvalue weighted by Gasteiger charge is 2.58. The van der Waals surface area contributed by atoms with E-state index in [4.69, 9.17) is 4.74 Å². The predicted molar refractivity (Wildman–Crippen MR) is 122 cm³/mol. The van der Waals surface area contributed by atoms with E-state index in [1.54, 1.807) is 12.1 Å². The Morgan fingerprint density at radius 1 is 1.32 bits per heavy atom. The van der Waals surface area contributed by atoms with Crippen molar-refractivity contribution < 1.29 is 27.9 Å². The van der Waals surface area contributed by atoms with E-state index in [0.29, 0.717) is 29.8 Å². The Bertz CT molecular complexity index is 974. The molecule has 0 aromatic heterocycles. The number of anilines is 1. The zero-order valence-corrected chi connectivity index (χ0v) is 19.8. The number of piperidine rings is 1. The first kappa shape index (κ1) is 24.4. The highest BCUT2D eigenvalue weighted by Crippen LogP contribution is 2.49. The molecule has 1 aromatic rings. The number of amides is 3. The van der Waals surface area contributed by atoms with Gasteiger partial charge in [0.05, 0.1) is 5.69 Å². The molecule has 2 N–H and O–H groups in total. The predicted octanol–water partition coefficient (Wildman–Crippen LogP) is 2.24. The van der Waals surface area contributed by atoms with Gasteiger partial charge in [-0.2, -0.15) is 8.78 Å². The van der Waals surface area contributed by atoms with Gasteiger partial charge in [-0.3, -0.25) is 14.4 Å². The van der Waals surface area contributed by atoms with E-state index in [1.807, 2.05) is 25.7 Å². The number of benzene rings is 1. The maximum atomic E-state index is 13.7. The van der Waals surface area contributed by atoms with E-state index in [1.165, 1.54) is 4.90 Å². The van der Waals surface area contributed by atoms with E-state index in [-0.39, 0.29) is 37.0 Å². The molecule has 2 aliphatic heterocycles. The number of nitrogens with one attached hydrogen (secondary N) is 2. The number of fused-ring (bicyclic) bond motifs is 1. The fourth-order valence-corrected chi connectivity index (χ4v) is 4.85. The van der Waals surface area contributed by atoms with Crippen LogP contribution >= 0.6 is 0 Å². The van der Waals surface area contributed by atoms with Crippen molar-refractivity contribution >= 4 is 23.4 Å². The van der Waals surface area contributed by atoms with Crippen LogP contribution < -0.4 is 20.3 Å². The van der Waals surface area contributed by atoms with Gasteiger partial charge in [0, 0.05) is 50.1 Å². The lowest BCUT2D eigenvalue weighted by atomic mass is 9.99. The normalized spacial score (nSPS) is 20.9. The minimum Gasteiger partial charge on any atom is -0.475 e. The number of ether oxygens (including phenoxy) is 1. The van der Waals surface area contributed by atoms with Crippen molar-refractivity contribution in [2.24, 2.45) is 0 Å². The monoisotopic (exact) mass is 478 g/mol. The van der Waals surface area contributed by atoms with E-state index in [0.717, 1.165) is 31.5 Å². The van der Waals surface area contributed by atoms with Gasteiger partial charge in [-0.25, -0.2) is 0 Å². The van der Waals surface area contributed by atoms with E-state index in [2.05, 4.69) is 10.6 Å². The van der Waals surface area contributed by atoms with Crippen molar-refractivity contribution in [3.8, 4) is 5.75 Å². The van der Waals surface area contributed by atoms with Crippen LogP contribution in [0, 0.1) is 6.92 Å². The third kappa shape index (κ3) is 4.60. The number of carbonyl (C=O) groups excluding carboxylic acids is 3. The van der Waals surface area contributed by atoms with Crippen molar-refractivity contribution in [3.63, 3.8) is 0 Å². The summed E-state index contributed by atoms with van der Waals surface area (Å²) >= 11 is 0. The average Bonchev–Trinajstić information content (AvgIpc) is 3.56. The molecule has 8 nitrogen and oxygen atoms in total. The molecule has 1 aliphatic carbocycles. The molecule has 4 rings (SSSR count). The number of nitrogens with zero attached hydrogens (tertiary/aromatic N) is 2. The SMILES string of the molecule is Cc1cc2c(cc1C(=O)N(C(C)C)[C@@H]1CCCNC1)N(CCNC(=O)C(F)F)C(=O)C1(CC1)O2. The minimum atomic E-state index is -3.12. The Balaban J connectivity index is 1.64. The summed E-state index contributed by atoms with van der Waals surface area (Å²) in [6.07, 6.45) is -0.0689. The van der Waals surface area contributed by atoms with Crippen molar-refractivity contribution in [2.45, 2.75) is 70.6 Å². The molecular weight excluding hydrogens is 446 g/mol. The Kier molecular flexibility index (Phi) is 6.80. The topological polar surface area (TPSA) is 91.0 Å². The zero-order chi connectivity index (χ0) is 24.6. The van der Waals surface area contributed by atoms with Crippen LogP contribution in [0.4, 0.5) is 14.5 Å². The maximum Gasteiger partial charge on any atom is 0.315 e. The van der Waals surface area contributed by atoms with Crippen molar-refractivity contribution in [1.29, 1.82) is 0 Å². The van der Waals surface area contributed by atoms with Gasteiger partial charge in [0.25, 0.3) is 17.7 Å². The molecule has 0 unspecified atom stereocenters. The largest absolute Gasteiger partial charge is 0.475 e. The van der Waals surface area contributed by atoms with Gasteiger partial charge >= 0.3 is 6.43 Å². The Morgan fingerprint density at radius 2 is 2.06 bits per heavy atom. The lowest BCUT2D eigenvalue weighted by molar-refractivity contribution is -0.132. The smallest absolute Gasteiger partial charge is 0.315 e. The second kappa shape index (κ2) is 9.48. The first-order chi connectivity index (χ1) is 16.1. The second-order valence-electron chi connectivity index (χ2n) is 9.59. The second-order valence-corrected chi connectivity index (χ2v) is 9.59. The zero-order valence-electron chi connectivity index (χ0n) is 19.8. The molecule has 1 atom stereocenters. The number of hydrogen-bond acceptors (Lipinski definition) is 5. The van der Waals surface area contributed by atoms with Crippen LogP contribution in [-0.2, 0) is 9.59 Å². The summed E-state index contributed by atoms with van der Waals surface area (Å²) in [5.41, 5.74) is 0.709. The third-order valence-electron chi connectivity index (χ3n) is 6.76. The lowest BCUT2D eigenvalue weighted by Gasteiger charge is -2.39. The first-order valence-corrected chi connectivity index (χ1v) is 11.9. The van der Waals surface area contributed by atoms with Gasteiger partial charge in [-0.15, -0.1) is 0 Å². The highest BCUT2D eigenvalue weighted by atomic mass is 19.3. The molecule has 1 saturated carbocycles. The summed E-state index contributed by atoms with van der Waals surface area (Å²) in [4.78, 5) is 41.5. The fraction of sp³-hybridized carbons (Fsp3) is 0.625. The molecule has 34 heavy (non-hydrogen) atoms. The van der Waals surface area contributed by atoms with Crippen LogP contribution in [0.1, 0.15) is 55.5 Å². The molecule has 2 fully saturated rings. The first-order valence-electron chi connectivity index (χ1n) is 11.9. The summed E-state index contributed by atoms with van der Waals surface area (Å²) in [7, 11) is 0. The number of hydrogen-bond donors (Lipinski definition) is 2. The molecule has 3 aliphatic rings. The van der Waals surface area contributed by atoms with Crippen LogP contribution in [0.2, 0.25) is 0 Å². The molecule has 1 saturated heterocycles. The van der Waals surface area contributed by atoms with Gasteiger partial charge in [0.1, 0.15) is 5.75 Å². The molecule has 10 heteroatoms. The number of alkyl halides is 2. The van der Waals surface area contributed by atoms with Crippen LogP contribution in [0.5, 0.6) is 5.75 Å². The van der Waals surface area contributed by atoms with Crippen LogP contribution in [0.25, 0.3) is 0 Å². The van der Waals surface area contributed by atoms with E-state index in [9.17, 15) is 23.2 Å². The van der Waals surface area contributed by atoms with Gasteiger partial charge in [-0.1, -0.05) is 0 Å². The highest BCUT2D eigenvalue weighted by molar-refractivity contribution is 6.06. The van der Waals surface area contributed by atoms with E-state index >= 15 is 0 Å². The maximum absolute atomic E-state index is 13.7. The summed E-state index contributed by atoms with van der Waals surface area (Å²) in [6.45, 7) is 7.36. The minimum absolute atomic E-state index is 0.00648. The molecule has 2 heterocycles. The summed E-state index contributed by atoms with van der Waals surface area (Å²) in [6, 6.07) is 3.50. The molecule has 186 valence electrons. The van der Waals surface area contributed by atoms with Crippen molar-refractivity contribution in [1.82, 2.24) is 15.5 Å². The third-order valence-corrected chi connectivity index (χ3v) is 6.76. The standard InChI is InChI=1S/C24H32F2N4O4/c1-14(2)30(16-5-4-8-27-13-16)22(32)17-12-18-19(11-15(17)3)34-24(6-7-24)23(33)29(18)10-9-28-21(31)20(25)26/h11-12,14,16,20,27H,4-10,13H2,1-3H3,(H,28,31)/t16-/m1/s1. The average molecular weight is 479 g/mol.